The number of amides is 1. The van der Waals surface area contributed by atoms with Crippen LogP contribution in [-0.2, 0) is 13.0 Å². The van der Waals surface area contributed by atoms with Gasteiger partial charge in [-0.15, -0.1) is 0 Å². The predicted octanol–water partition coefficient (Wildman–Crippen LogP) is 3.16. The minimum Gasteiger partial charge on any atom is -0.382 e. The SMILES string of the molecule is CN(C)Cc1cc(-c2nc(-c3cc(F)c4c(c3)CCNC4=O)c(N)nc2F)ccc1F. The van der Waals surface area contributed by atoms with Crippen LogP contribution < -0.4 is 11.1 Å². The summed E-state index contributed by atoms with van der Waals surface area (Å²) in [6, 6.07) is 6.89. The number of nitrogens with zero attached hydrogens (tertiary/aromatic N) is 3. The van der Waals surface area contributed by atoms with E-state index in [1.54, 1.807) is 25.1 Å². The molecule has 0 fully saturated rings. The molecular weight excluding hydrogens is 407 g/mol. The molecule has 0 bridgehead atoms. The number of halogens is 3. The van der Waals surface area contributed by atoms with Crippen molar-refractivity contribution in [2.24, 2.45) is 0 Å². The number of carbonyl (C=O) groups excluding carboxylic acids is 1. The normalized spacial score (nSPS) is 13.3. The first-order valence-electron chi connectivity index (χ1n) is 9.62. The minimum absolute atomic E-state index is 0.0178. The lowest BCUT2D eigenvalue weighted by Gasteiger charge is -2.18. The number of nitrogens with one attached hydrogen (secondary N) is 1. The highest BCUT2D eigenvalue weighted by Crippen LogP contribution is 2.32. The van der Waals surface area contributed by atoms with Gasteiger partial charge in [0, 0.05) is 29.8 Å². The Balaban J connectivity index is 1.84. The fourth-order valence-corrected chi connectivity index (χ4v) is 3.66. The van der Waals surface area contributed by atoms with Gasteiger partial charge < -0.3 is 16.0 Å². The largest absolute Gasteiger partial charge is 0.382 e. The first-order valence-corrected chi connectivity index (χ1v) is 9.62. The first kappa shape index (κ1) is 20.8. The summed E-state index contributed by atoms with van der Waals surface area (Å²) in [5.74, 6) is -2.75. The molecule has 0 unspecified atom stereocenters. The standard InChI is InChI=1S/C22H20F3N5O/c1-30(2)10-14-8-12(3-4-15(14)23)18-20(25)29-21(26)19(28-18)13-7-11-5-6-27-22(31)17(11)16(24)9-13/h3-4,7-9H,5-6,10H2,1-2H3,(H2,26,29)(H,27,31). The van der Waals surface area contributed by atoms with Gasteiger partial charge in [-0.05, 0) is 56.4 Å². The van der Waals surface area contributed by atoms with Crippen molar-refractivity contribution >= 4 is 11.7 Å². The van der Waals surface area contributed by atoms with Gasteiger partial charge >= 0.3 is 0 Å². The van der Waals surface area contributed by atoms with Crippen molar-refractivity contribution in [3.8, 4) is 22.5 Å². The van der Waals surface area contributed by atoms with Crippen LogP contribution in [0.5, 0.6) is 0 Å². The summed E-state index contributed by atoms with van der Waals surface area (Å²) in [6.45, 7) is 0.698. The Bertz CT molecular complexity index is 1200. The van der Waals surface area contributed by atoms with Crippen LogP contribution in [0.2, 0.25) is 0 Å². The van der Waals surface area contributed by atoms with E-state index >= 15 is 0 Å². The number of nitrogens with two attached hydrogens (primary N) is 1. The third kappa shape index (κ3) is 3.96. The molecule has 2 aromatic carbocycles. The summed E-state index contributed by atoms with van der Waals surface area (Å²) >= 11 is 0. The molecule has 1 aromatic heterocycles. The van der Waals surface area contributed by atoms with E-state index in [9.17, 15) is 18.0 Å². The number of aromatic nitrogens is 2. The lowest BCUT2D eigenvalue weighted by atomic mass is 9.96. The topological polar surface area (TPSA) is 84.1 Å². The highest BCUT2D eigenvalue weighted by atomic mass is 19.1. The van der Waals surface area contributed by atoms with Gasteiger partial charge in [0.2, 0.25) is 5.95 Å². The Morgan fingerprint density at radius 1 is 1.03 bits per heavy atom. The smallest absolute Gasteiger partial charge is 0.254 e. The second-order valence-corrected chi connectivity index (χ2v) is 7.64. The van der Waals surface area contributed by atoms with Gasteiger partial charge in [-0.3, -0.25) is 4.79 Å². The van der Waals surface area contributed by atoms with Gasteiger partial charge in [0.05, 0.1) is 5.56 Å². The van der Waals surface area contributed by atoms with E-state index in [0.29, 0.717) is 36.2 Å². The molecule has 4 rings (SSSR count). The van der Waals surface area contributed by atoms with Gasteiger partial charge in [0.15, 0.2) is 5.82 Å². The van der Waals surface area contributed by atoms with Gasteiger partial charge in [-0.1, -0.05) is 0 Å². The van der Waals surface area contributed by atoms with Crippen molar-refractivity contribution in [3.05, 3.63) is 64.6 Å². The van der Waals surface area contributed by atoms with Crippen molar-refractivity contribution in [2.45, 2.75) is 13.0 Å². The molecule has 160 valence electrons. The van der Waals surface area contributed by atoms with E-state index < -0.39 is 23.5 Å². The minimum atomic E-state index is -0.915. The summed E-state index contributed by atoms with van der Waals surface area (Å²) in [5.41, 5.74) is 7.32. The number of anilines is 1. The molecule has 0 spiro atoms. The van der Waals surface area contributed by atoms with E-state index in [2.05, 4.69) is 15.3 Å². The Morgan fingerprint density at radius 2 is 1.81 bits per heavy atom. The molecule has 0 saturated heterocycles. The summed E-state index contributed by atoms with van der Waals surface area (Å²) in [5, 5.41) is 2.60. The molecule has 3 N–H and O–H groups in total. The molecule has 31 heavy (non-hydrogen) atoms. The van der Waals surface area contributed by atoms with Gasteiger partial charge in [-0.2, -0.15) is 9.37 Å². The van der Waals surface area contributed by atoms with Crippen molar-refractivity contribution in [1.82, 2.24) is 20.2 Å². The maximum absolute atomic E-state index is 14.7. The Labute approximate surface area is 176 Å². The van der Waals surface area contributed by atoms with Crippen LogP contribution in [0.1, 0.15) is 21.5 Å². The van der Waals surface area contributed by atoms with E-state index in [0.717, 1.165) is 6.07 Å². The third-order valence-corrected chi connectivity index (χ3v) is 5.04. The van der Waals surface area contributed by atoms with Crippen molar-refractivity contribution < 1.29 is 18.0 Å². The van der Waals surface area contributed by atoms with Crippen LogP contribution in [0, 0.1) is 17.6 Å². The Morgan fingerprint density at radius 3 is 2.55 bits per heavy atom. The zero-order valence-electron chi connectivity index (χ0n) is 17.0. The average molecular weight is 427 g/mol. The third-order valence-electron chi connectivity index (χ3n) is 5.04. The molecular formula is C22H20F3N5O. The van der Waals surface area contributed by atoms with Crippen LogP contribution in [0.15, 0.2) is 30.3 Å². The highest BCUT2D eigenvalue weighted by Gasteiger charge is 2.24. The molecule has 1 aliphatic rings. The number of carbonyl (C=O) groups is 1. The second kappa shape index (κ2) is 7.99. The molecule has 9 heteroatoms. The van der Waals surface area contributed by atoms with E-state index in [4.69, 9.17) is 5.73 Å². The molecule has 0 atom stereocenters. The quantitative estimate of drug-likeness (QED) is 0.668. The number of fused-ring (bicyclic) bond motifs is 1. The van der Waals surface area contributed by atoms with Crippen LogP contribution in [-0.4, -0.2) is 41.4 Å². The van der Waals surface area contributed by atoms with Crippen LogP contribution in [0.4, 0.5) is 19.0 Å². The molecule has 0 radical (unpaired) electrons. The van der Waals surface area contributed by atoms with Gasteiger partial charge in [0.1, 0.15) is 23.0 Å². The van der Waals surface area contributed by atoms with Crippen molar-refractivity contribution in [3.63, 3.8) is 0 Å². The Hall–Kier alpha value is -3.46. The van der Waals surface area contributed by atoms with Gasteiger partial charge in [-0.25, -0.2) is 13.8 Å². The van der Waals surface area contributed by atoms with Crippen molar-refractivity contribution in [2.75, 3.05) is 26.4 Å². The monoisotopic (exact) mass is 427 g/mol. The summed E-state index contributed by atoms with van der Waals surface area (Å²) in [6.07, 6.45) is 0.444. The molecule has 6 nitrogen and oxygen atoms in total. The van der Waals surface area contributed by atoms with E-state index in [1.807, 2.05) is 0 Å². The fraction of sp³-hybridized carbons (Fsp3) is 0.227. The molecule has 0 aliphatic carbocycles. The molecule has 3 aromatic rings. The zero-order valence-corrected chi connectivity index (χ0v) is 17.0. The maximum Gasteiger partial charge on any atom is 0.254 e. The summed E-state index contributed by atoms with van der Waals surface area (Å²) < 4.78 is 43.4. The number of hydrogen-bond acceptors (Lipinski definition) is 5. The van der Waals surface area contributed by atoms with E-state index in [1.165, 1.54) is 18.2 Å². The summed E-state index contributed by atoms with van der Waals surface area (Å²) in [7, 11) is 3.58. The highest BCUT2D eigenvalue weighted by molar-refractivity contribution is 5.97. The predicted molar refractivity (Wildman–Crippen MR) is 111 cm³/mol. The maximum atomic E-state index is 14.7. The molecule has 1 aliphatic heterocycles. The zero-order chi connectivity index (χ0) is 22.3. The van der Waals surface area contributed by atoms with Crippen LogP contribution in [0.3, 0.4) is 0 Å². The van der Waals surface area contributed by atoms with Gasteiger partial charge in [0.25, 0.3) is 5.91 Å². The first-order chi connectivity index (χ1) is 14.7. The molecule has 0 saturated carbocycles. The van der Waals surface area contributed by atoms with Crippen LogP contribution in [0.25, 0.3) is 22.5 Å². The fourth-order valence-electron chi connectivity index (χ4n) is 3.66. The number of hydrogen-bond donors (Lipinski definition) is 2. The second-order valence-electron chi connectivity index (χ2n) is 7.64. The van der Waals surface area contributed by atoms with Crippen molar-refractivity contribution in [1.29, 1.82) is 0 Å². The Kier molecular flexibility index (Phi) is 5.36. The summed E-state index contributed by atoms with van der Waals surface area (Å²) in [4.78, 5) is 21.8. The van der Waals surface area contributed by atoms with E-state index in [-0.39, 0.29) is 28.3 Å². The number of benzene rings is 2. The molecule has 2 heterocycles. The number of nitrogen functional groups attached to an aromatic ring is 1. The molecule has 1 amide bonds. The lowest BCUT2D eigenvalue weighted by molar-refractivity contribution is 0.0941. The van der Waals surface area contributed by atoms with Crippen LogP contribution >= 0.6 is 0 Å². The lowest BCUT2D eigenvalue weighted by Crippen LogP contribution is -2.32. The average Bonchev–Trinajstić information content (AvgIpc) is 2.69. The number of rotatable bonds is 4.